The molecule has 0 fully saturated rings. The van der Waals surface area contributed by atoms with Gasteiger partial charge in [-0.15, -0.1) is 0 Å². The first kappa shape index (κ1) is 31.3. The molecule has 1 aliphatic heterocycles. The van der Waals surface area contributed by atoms with E-state index in [1.165, 1.54) is 6.07 Å². The van der Waals surface area contributed by atoms with Gasteiger partial charge in [-0.3, -0.25) is 14.4 Å². The number of rotatable bonds is 9. The number of carbonyl (C=O) groups excluding carboxylic acids is 3. The van der Waals surface area contributed by atoms with Crippen molar-refractivity contribution in [1.29, 1.82) is 0 Å². The number of carbonyl (C=O) groups is 3. The van der Waals surface area contributed by atoms with Gasteiger partial charge in [-0.1, -0.05) is 35.3 Å². The highest BCUT2D eigenvalue weighted by Gasteiger charge is 2.41. The standard InChI is InChI=1S/C25H24Cl2F6N4O3/c26-13-3-1-4-14(11-13)37-12-18(23(40)36-20-17(27)5-2-6-19(20)37)35-22(39)16(8-10-25(31,32)33)15(21(34)38)7-9-24(28,29)30/h1-6,11,15-16,18H,7-10,12H2,(H2,34,38)(H,35,39)(H,36,40). The highest BCUT2D eigenvalue weighted by atomic mass is 35.5. The Morgan fingerprint density at radius 2 is 1.60 bits per heavy atom. The monoisotopic (exact) mass is 612 g/mol. The molecule has 7 nitrogen and oxygen atoms in total. The number of nitrogens with zero attached hydrogens (tertiary/aromatic N) is 1. The van der Waals surface area contributed by atoms with Gasteiger partial charge in [0.05, 0.1) is 22.9 Å². The zero-order valence-electron chi connectivity index (χ0n) is 20.6. The average Bonchev–Trinajstić information content (AvgIpc) is 2.97. The summed E-state index contributed by atoms with van der Waals surface area (Å²) >= 11 is 12.4. The zero-order chi connectivity index (χ0) is 29.8. The summed E-state index contributed by atoms with van der Waals surface area (Å²) in [5.74, 6) is -7.14. The van der Waals surface area contributed by atoms with Crippen LogP contribution in [0.25, 0.3) is 0 Å². The van der Waals surface area contributed by atoms with E-state index in [1.54, 1.807) is 41.3 Å². The first-order chi connectivity index (χ1) is 18.6. The molecule has 0 aliphatic carbocycles. The van der Waals surface area contributed by atoms with Crippen molar-refractivity contribution in [2.24, 2.45) is 17.6 Å². The van der Waals surface area contributed by atoms with Crippen LogP contribution in [-0.4, -0.2) is 42.7 Å². The van der Waals surface area contributed by atoms with Crippen LogP contribution in [0, 0.1) is 11.8 Å². The molecule has 0 radical (unpaired) electrons. The molecule has 1 aliphatic rings. The molecule has 0 aromatic heterocycles. The predicted molar refractivity (Wildman–Crippen MR) is 137 cm³/mol. The van der Waals surface area contributed by atoms with Crippen LogP contribution in [0.4, 0.5) is 43.4 Å². The summed E-state index contributed by atoms with van der Waals surface area (Å²) in [6.07, 6.45) is -14.6. The van der Waals surface area contributed by atoms with Crippen molar-refractivity contribution in [3.63, 3.8) is 0 Å². The molecule has 1 heterocycles. The summed E-state index contributed by atoms with van der Waals surface area (Å²) in [6, 6.07) is 9.74. The topological polar surface area (TPSA) is 105 Å². The van der Waals surface area contributed by atoms with Gasteiger partial charge in [-0.2, -0.15) is 26.3 Å². The van der Waals surface area contributed by atoms with Crippen LogP contribution in [0.1, 0.15) is 25.7 Å². The van der Waals surface area contributed by atoms with E-state index in [0.717, 1.165) is 0 Å². The molecule has 3 amide bonds. The summed E-state index contributed by atoms with van der Waals surface area (Å²) in [5, 5.41) is 5.38. The van der Waals surface area contributed by atoms with Gasteiger partial charge in [0.2, 0.25) is 17.7 Å². The van der Waals surface area contributed by atoms with Crippen molar-refractivity contribution >= 4 is 58.0 Å². The maximum atomic E-state index is 13.3. The lowest BCUT2D eigenvalue weighted by molar-refractivity contribution is -0.152. The lowest BCUT2D eigenvalue weighted by Gasteiger charge is -2.29. The first-order valence-corrected chi connectivity index (χ1v) is 12.7. The Kier molecular flexibility index (Phi) is 9.83. The number of halogens is 8. The molecule has 3 unspecified atom stereocenters. The third kappa shape index (κ3) is 8.40. The SMILES string of the molecule is NC(=O)C(CCC(F)(F)F)C(CCC(F)(F)F)C(=O)NC1CN(c2cccc(Cl)c2)c2cccc(Cl)c2NC1=O. The summed E-state index contributed by atoms with van der Waals surface area (Å²) in [6.45, 7) is -0.263. The second-order valence-corrected chi connectivity index (χ2v) is 10.0. The van der Waals surface area contributed by atoms with Crippen molar-refractivity contribution in [3.8, 4) is 0 Å². The first-order valence-electron chi connectivity index (χ1n) is 11.9. The van der Waals surface area contributed by atoms with Gasteiger partial charge in [-0.05, 0) is 43.2 Å². The zero-order valence-corrected chi connectivity index (χ0v) is 22.1. The maximum absolute atomic E-state index is 13.3. The lowest BCUT2D eigenvalue weighted by atomic mass is 9.83. The Labute approximate surface area is 235 Å². The Morgan fingerprint density at radius 1 is 1.00 bits per heavy atom. The predicted octanol–water partition coefficient (Wildman–Crippen LogP) is 5.97. The Hall–Kier alpha value is -3.19. The molecule has 15 heteroatoms. The van der Waals surface area contributed by atoms with E-state index in [-0.39, 0.29) is 17.3 Å². The van der Waals surface area contributed by atoms with Crippen LogP contribution < -0.4 is 21.3 Å². The van der Waals surface area contributed by atoms with Crippen LogP contribution >= 0.6 is 23.2 Å². The third-order valence-corrected chi connectivity index (χ3v) is 6.86. The van der Waals surface area contributed by atoms with Crippen molar-refractivity contribution in [3.05, 3.63) is 52.5 Å². The number of alkyl halides is 6. The minimum Gasteiger partial charge on any atom is -0.369 e. The fraction of sp³-hybridized carbons (Fsp3) is 0.400. The van der Waals surface area contributed by atoms with Crippen LogP contribution in [0.2, 0.25) is 10.0 Å². The molecule has 40 heavy (non-hydrogen) atoms. The highest BCUT2D eigenvalue weighted by molar-refractivity contribution is 6.35. The average molecular weight is 613 g/mol. The van der Waals surface area contributed by atoms with Gasteiger partial charge in [0.1, 0.15) is 6.04 Å². The van der Waals surface area contributed by atoms with E-state index >= 15 is 0 Å². The highest BCUT2D eigenvalue weighted by Crippen LogP contribution is 2.40. The van der Waals surface area contributed by atoms with Crippen LogP contribution in [0.3, 0.4) is 0 Å². The van der Waals surface area contributed by atoms with Crippen LogP contribution in [0.5, 0.6) is 0 Å². The number of benzene rings is 2. The number of hydrogen-bond donors (Lipinski definition) is 3. The number of nitrogens with one attached hydrogen (secondary N) is 2. The fourth-order valence-electron chi connectivity index (χ4n) is 4.41. The van der Waals surface area contributed by atoms with E-state index in [4.69, 9.17) is 28.9 Å². The molecule has 2 aromatic rings. The lowest BCUT2D eigenvalue weighted by Crippen LogP contribution is -2.52. The summed E-state index contributed by atoms with van der Waals surface area (Å²) in [4.78, 5) is 40.0. The molecule has 0 spiro atoms. The number of nitrogens with two attached hydrogens (primary N) is 1. The quantitative estimate of drug-likeness (QED) is 0.303. The number of hydrogen-bond acceptors (Lipinski definition) is 4. The second kappa shape index (κ2) is 12.5. The minimum atomic E-state index is -4.77. The van der Waals surface area contributed by atoms with Crippen molar-refractivity contribution in [1.82, 2.24) is 5.32 Å². The maximum Gasteiger partial charge on any atom is 0.389 e. The van der Waals surface area contributed by atoms with E-state index in [9.17, 15) is 40.7 Å². The Balaban J connectivity index is 1.96. The summed E-state index contributed by atoms with van der Waals surface area (Å²) in [7, 11) is 0. The minimum absolute atomic E-state index is 0.147. The fourth-order valence-corrected chi connectivity index (χ4v) is 4.81. The number of para-hydroxylation sites is 1. The number of amides is 3. The van der Waals surface area contributed by atoms with Gasteiger partial charge < -0.3 is 21.3 Å². The van der Waals surface area contributed by atoms with Gasteiger partial charge in [0, 0.05) is 35.4 Å². The van der Waals surface area contributed by atoms with Gasteiger partial charge in [-0.25, -0.2) is 0 Å². The number of fused-ring (bicyclic) bond motifs is 1. The summed E-state index contributed by atoms with van der Waals surface area (Å²) < 4.78 is 77.7. The van der Waals surface area contributed by atoms with Crippen molar-refractivity contribution in [2.75, 3.05) is 16.8 Å². The molecule has 0 bridgehead atoms. The smallest absolute Gasteiger partial charge is 0.369 e. The Bertz CT molecular complexity index is 1260. The van der Waals surface area contributed by atoms with Gasteiger partial charge in [0.15, 0.2) is 0 Å². The molecule has 3 rings (SSSR count). The third-order valence-electron chi connectivity index (χ3n) is 6.31. The molecule has 4 N–H and O–H groups in total. The number of anilines is 3. The van der Waals surface area contributed by atoms with Gasteiger partial charge >= 0.3 is 12.4 Å². The van der Waals surface area contributed by atoms with E-state index in [1.807, 2.05) is 0 Å². The molecule has 3 atom stereocenters. The molecule has 0 saturated carbocycles. The van der Waals surface area contributed by atoms with E-state index in [2.05, 4.69) is 10.6 Å². The second-order valence-electron chi connectivity index (χ2n) is 9.20. The Morgan fingerprint density at radius 3 is 2.17 bits per heavy atom. The van der Waals surface area contributed by atoms with Crippen molar-refractivity contribution in [2.45, 2.75) is 44.1 Å². The largest absolute Gasteiger partial charge is 0.389 e. The number of primary amides is 1. The molecule has 2 aromatic carbocycles. The van der Waals surface area contributed by atoms with Gasteiger partial charge in [0.25, 0.3) is 0 Å². The molecule has 0 saturated heterocycles. The van der Waals surface area contributed by atoms with Crippen molar-refractivity contribution < 1.29 is 40.7 Å². The van der Waals surface area contributed by atoms with Crippen LogP contribution in [-0.2, 0) is 14.4 Å². The normalized spacial score (nSPS) is 17.4. The molecule has 218 valence electrons. The van der Waals surface area contributed by atoms with E-state index < -0.39 is 73.6 Å². The molecular weight excluding hydrogens is 589 g/mol. The van der Waals surface area contributed by atoms with E-state index in [0.29, 0.717) is 16.4 Å². The molecular formula is C25H24Cl2F6N4O3. The van der Waals surface area contributed by atoms with Crippen LogP contribution in [0.15, 0.2) is 42.5 Å². The summed E-state index contributed by atoms with van der Waals surface area (Å²) in [5.41, 5.74) is 6.30.